The Hall–Kier alpha value is -2.18. The summed E-state index contributed by atoms with van der Waals surface area (Å²) in [6, 6.07) is 14.7. The Morgan fingerprint density at radius 3 is 2.12 bits per heavy atom. The van der Waals surface area contributed by atoms with Crippen molar-refractivity contribution in [3.63, 3.8) is 0 Å². The largest absolute Gasteiger partial charge is 0.351 e. The Morgan fingerprint density at radius 1 is 1.00 bits per heavy atom. The summed E-state index contributed by atoms with van der Waals surface area (Å²) in [5, 5.41) is 2.70. The number of carbonyl (C=O) groups is 1. The number of hydrogen-bond acceptors (Lipinski definition) is 4. The molecule has 24 heavy (non-hydrogen) atoms. The molecule has 0 saturated carbocycles. The number of hydrogen-bond donors (Lipinski definition) is 1. The molecule has 1 atom stereocenters. The summed E-state index contributed by atoms with van der Waals surface area (Å²) in [6.07, 6.45) is -1.24. The van der Waals surface area contributed by atoms with Gasteiger partial charge in [-0.15, -0.1) is 0 Å². The molecule has 1 N–H and O–H groups in total. The van der Waals surface area contributed by atoms with Gasteiger partial charge in [0.2, 0.25) is 0 Å². The highest BCUT2D eigenvalue weighted by Crippen LogP contribution is 2.24. The van der Waals surface area contributed by atoms with Gasteiger partial charge in [0.05, 0.1) is 4.90 Å². The van der Waals surface area contributed by atoms with E-state index in [9.17, 15) is 13.2 Å². The van der Waals surface area contributed by atoms with Crippen LogP contribution in [0.25, 0.3) is 0 Å². The van der Waals surface area contributed by atoms with Crippen molar-refractivity contribution in [3.8, 4) is 0 Å². The van der Waals surface area contributed by atoms with Gasteiger partial charge >= 0.3 is 0 Å². The summed E-state index contributed by atoms with van der Waals surface area (Å²) < 4.78 is 30.3. The van der Waals surface area contributed by atoms with E-state index in [1.165, 1.54) is 12.1 Å². The van der Waals surface area contributed by atoms with Crippen LogP contribution in [0.2, 0.25) is 0 Å². The van der Waals surface area contributed by atoms with E-state index < -0.39 is 22.1 Å². The minimum Gasteiger partial charge on any atom is -0.351 e. The number of carbonyl (C=O) groups excluding carboxylic acids is 1. The molecule has 1 amide bonds. The van der Waals surface area contributed by atoms with Crippen LogP contribution in [0.3, 0.4) is 0 Å². The minimum absolute atomic E-state index is 0.0198. The van der Waals surface area contributed by atoms with Crippen LogP contribution in [0.1, 0.15) is 31.1 Å². The number of rotatable bonds is 6. The monoisotopic (exact) mass is 347 g/mol. The summed E-state index contributed by atoms with van der Waals surface area (Å²) in [4.78, 5) is 12.4. The third-order valence-corrected chi connectivity index (χ3v) is 4.60. The van der Waals surface area contributed by atoms with Crippen molar-refractivity contribution < 1.29 is 17.4 Å². The topological polar surface area (TPSA) is 72.5 Å². The third kappa shape index (κ3) is 4.66. The van der Waals surface area contributed by atoms with Gasteiger partial charge < -0.3 is 5.32 Å². The lowest BCUT2D eigenvalue weighted by Gasteiger charge is -2.19. The third-order valence-electron chi connectivity index (χ3n) is 3.30. The van der Waals surface area contributed by atoms with Crippen molar-refractivity contribution in [1.82, 2.24) is 5.32 Å². The lowest BCUT2D eigenvalue weighted by molar-refractivity contribution is -0.128. The normalized spacial score (nSPS) is 12.8. The van der Waals surface area contributed by atoms with E-state index in [4.69, 9.17) is 4.18 Å². The van der Waals surface area contributed by atoms with Gasteiger partial charge in [0.15, 0.2) is 6.10 Å². The Labute approximate surface area is 142 Å². The highest BCUT2D eigenvalue weighted by Gasteiger charge is 2.29. The summed E-state index contributed by atoms with van der Waals surface area (Å²) in [7, 11) is -4.07. The average Bonchev–Trinajstić information content (AvgIpc) is 2.53. The zero-order valence-electron chi connectivity index (χ0n) is 13.9. The van der Waals surface area contributed by atoms with Crippen molar-refractivity contribution in [3.05, 3.63) is 65.7 Å². The van der Waals surface area contributed by atoms with Crippen LogP contribution >= 0.6 is 0 Å². The number of nitrogens with one attached hydrogen (secondary N) is 1. The zero-order valence-corrected chi connectivity index (χ0v) is 14.7. The van der Waals surface area contributed by atoms with E-state index in [0.717, 1.165) is 5.56 Å². The van der Waals surface area contributed by atoms with Crippen LogP contribution in [0, 0.1) is 6.92 Å². The van der Waals surface area contributed by atoms with Gasteiger partial charge in [0, 0.05) is 6.04 Å². The molecule has 6 heteroatoms. The van der Waals surface area contributed by atoms with Gasteiger partial charge in [0.25, 0.3) is 16.0 Å². The first kappa shape index (κ1) is 18.2. The first-order valence-electron chi connectivity index (χ1n) is 7.65. The number of aryl methyl sites for hydroxylation is 1. The maximum absolute atomic E-state index is 12.5. The summed E-state index contributed by atoms with van der Waals surface area (Å²) in [5.41, 5.74) is 1.41. The molecule has 128 valence electrons. The van der Waals surface area contributed by atoms with Crippen LogP contribution in [0.15, 0.2) is 59.5 Å². The molecule has 0 aliphatic rings. The smallest absolute Gasteiger partial charge is 0.298 e. The number of amides is 1. The molecule has 0 spiro atoms. The second-order valence-electron chi connectivity index (χ2n) is 5.82. The molecule has 0 aliphatic heterocycles. The Morgan fingerprint density at radius 2 is 1.58 bits per heavy atom. The second kappa shape index (κ2) is 7.59. The fraction of sp³-hybridized carbons (Fsp3) is 0.278. The van der Waals surface area contributed by atoms with Crippen LogP contribution in [0.5, 0.6) is 0 Å². The van der Waals surface area contributed by atoms with E-state index in [0.29, 0.717) is 5.56 Å². The molecule has 0 saturated heterocycles. The zero-order chi connectivity index (χ0) is 17.7. The molecule has 0 bridgehead atoms. The Kier molecular flexibility index (Phi) is 5.75. The van der Waals surface area contributed by atoms with E-state index in [1.54, 1.807) is 56.3 Å². The summed E-state index contributed by atoms with van der Waals surface area (Å²) in [6.45, 7) is 5.46. The molecule has 5 nitrogen and oxygen atoms in total. The fourth-order valence-corrected chi connectivity index (χ4v) is 3.16. The molecule has 2 aromatic carbocycles. The quantitative estimate of drug-likeness (QED) is 0.816. The first-order valence-corrected chi connectivity index (χ1v) is 9.05. The standard InChI is InChI=1S/C18H21NO4S/c1-13(2)19-18(20)17(15-7-5-4-6-8-15)23-24(21,22)16-11-9-14(3)10-12-16/h4-13,17H,1-3H3,(H,19,20). The highest BCUT2D eigenvalue weighted by atomic mass is 32.2. The second-order valence-corrected chi connectivity index (χ2v) is 7.39. The molecule has 0 fully saturated rings. The number of benzene rings is 2. The van der Waals surface area contributed by atoms with Crippen LogP contribution in [-0.4, -0.2) is 20.4 Å². The SMILES string of the molecule is Cc1ccc(S(=O)(=O)OC(C(=O)NC(C)C)c2ccccc2)cc1. The van der Waals surface area contributed by atoms with Crippen molar-refractivity contribution in [2.75, 3.05) is 0 Å². The molecular weight excluding hydrogens is 326 g/mol. The lowest BCUT2D eigenvalue weighted by atomic mass is 10.1. The van der Waals surface area contributed by atoms with Crippen molar-refractivity contribution >= 4 is 16.0 Å². The average molecular weight is 347 g/mol. The van der Waals surface area contributed by atoms with Gasteiger partial charge in [-0.1, -0.05) is 48.0 Å². The van der Waals surface area contributed by atoms with Gasteiger partial charge in [-0.3, -0.25) is 4.79 Å². The van der Waals surface area contributed by atoms with Gasteiger partial charge in [-0.25, -0.2) is 4.18 Å². The van der Waals surface area contributed by atoms with Crippen molar-refractivity contribution in [2.24, 2.45) is 0 Å². The van der Waals surface area contributed by atoms with Gasteiger partial charge in [0.1, 0.15) is 0 Å². The lowest BCUT2D eigenvalue weighted by Crippen LogP contribution is -2.36. The predicted octanol–water partition coefficient (Wildman–Crippen LogP) is 2.97. The maximum atomic E-state index is 12.5. The molecule has 0 aromatic heterocycles. The Balaban J connectivity index is 2.34. The van der Waals surface area contributed by atoms with E-state index in [1.807, 2.05) is 6.92 Å². The molecule has 1 unspecified atom stereocenters. The van der Waals surface area contributed by atoms with E-state index >= 15 is 0 Å². The van der Waals surface area contributed by atoms with Crippen molar-refractivity contribution in [1.29, 1.82) is 0 Å². The van der Waals surface area contributed by atoms with Gasteiger partial charge in [-0.05, 0) is 38.5 Å². The molecule has 2 aromatic rings. The van der Waals surface area contributed by atoms with E-state index in [2.05, 4.69) is 5.32 Å². The van der Waals surface area contributed by atoms with Gasteiger partial charge in [-0.2, -0.15) is 8.42 Å². The van der Waals surface area contributed by atoms with Crippen molar-refractivity contribution in [2.45, 2.75) is 37.8 Å². The first-order chi connectivity index (χ1) is 11.3. The Bertz CT molecular complexity index is 784. The highest BCUT2D eigenvalue weighted by molar-refractivity contribution is 7.86. The fourth-order valence-electron chi connectivity index (χ4n) is 2.13. The summed E-state index contributed by atoms with van der Waals surface area (Å²) >= 11 is 0. The van der Waals surface area contributed by atoms with Crippen LogP contribution < -0.4 is 5.32 Å². The molecule has 0 heterocycles. The summed E-state index contributed by atoms with van der Waals surface area (Å²) in [5.74, 6) is -0.494. The molecule has 2 rings (SSSR count). The van der Waals surface area contributed by atoms with E-state index in [-0.39, 0.29) is 10.9 Å². The molecular formula is C18H21NO4S. The van der Waals surface area contributed by atoms with Crippen LogP contribution in [-0.2, 0) is 19.1 Å². The maximum Gasteiger partial charge on any atom is 0.298 e. The molecule has 0 radical (unpaired) electrons. The molecule has 0 aliphatic carbocycles. The van der Waals surface area contributed by atoms with Crippen LogP contribution in [0.4, 0.5) is 0 Å². The predicted molar refractivity (Wildman–Crippen MR) is 91.9 cm³/mol. The minimum atomic E-state index is -4.07.